The predicted octanol–water partition coefficient (Wildman–Crippen LogP) is 4.09. The first kappa shape index (κ1) is 14.0. The number of aromatic amines is 1. The molecule has 3 nitrogen and oxygen atoms in total. The fraction of sp³-hybridized carbons (Fsp3) is 0.467. The maximum atomic E-state index is 5.34. The fourth-order valence-electron chi connectivity index (χ4n) is 2.34. The average molecular weight is 275 g/mol. The molecule has 0 radical (unpaired) electrons. The summed E-state index contributed by atoms with van der Waals surface area (Å²) in [5.74, 6) is 1.08. The summed E-state index contributed by atoms with van der Waals surface area (Å²) in [5, 5.41) is 7.24. The summed E-state index contributed by atoms with van der Waals surface area (Å²) in [6, 6.07) is 11.0. The number of nitrogens with zero attached hydrogens (tertiary/aromatic N) is 2. The summed E-state index contributed by atoms with van der Waals surface area (Å²) in [7, 11) is 0. The number of H-pyrrole nitrogens is 1. The Morgan fingerprint density at radius 3 is 2.68 bits per heavy atom. The van der Waals surface area contributed by atoms with Gasteiger partial charge in [-0.2, -0.15) is 5.10 Å². The van der Waals surface area contributed by atoms with Crippen LogP contribution in [0.1, 0.15) is 44.1 Å². The third kappa shape index (κ3) is 3.53. The Labute approximate surface area is 119 Å². The second-order valence-corrected chi connectivity index (χ2v) is 5.32. The van der Waals surface area contributed by atoms with E-state index in [1.54, 1.807) is 0 Å². The molecule has 1 heterocycles. The summed E-state index contributed by atoms with van der Waals surface area (Å²) in [6.45, 7) is 4.38. The Morgan fingerprint density at radius 1 is 1.26 bits per heavy atom. The molecule has 2 aromatic rings. The molecule has 19 heavy (non-hydrogen) atoms. The normalized spacial score (nSPS) is 12.5. The number of nitrogens with one attached hydrogen (secondary N) is 1. The molecule has 0 aliphatic heterocycles. The van der Waals surface area contributed by atoms with Crippen LogP contribution in [-0.4, -0.2) is 14.8 Å². The lowest BCUT2D eigenvalue weighted by atomic mass is 10.1. The van der Waals surface area contributed by atoms with Crippen molar-refractivity contribution < 1.29 is 0 Å². The number of hydrogen-bond donors (Lipinski definition) is 1. The number of rotatable bonds is 6. The molecule has 1 aromatic heterocycles. The second-order valence-electron chi connectivity index (χ2n) is 4.94. The van der Waals surface area contributed by atoms with Crippen molar-refractivity contribution in [2.24, 2.45) is 0 Å². The highest BCUT2D eigenvalue weighted by atomic mass is 32.1. The highest BCUT2D eigenvalue weighted by Crippen LogP contribution is 2.17. The van der Waals surface area contributed by atoms with Gasteiger partial charge in [0, 0.05) is 12.5 Å². The van der Waals surface area contributed by atoms with Gasteiger partial charge in [0.1, 0.15) is 5.82 Å². The monoisotopic (exact) mass is 275 g/mol. The Balaban J connectivity index is 2.05. The average Bonchev–Trinajstić information content (AvgIpc) is 2.79. The molecule has 0 bridgehead atoms. The van der Waals surface area contributed by atoms with Crippen LogP contribution in [0.3, 0.4) is 0 Å². The summed E-state index contributed by atoms with van der Waals surface area (Å²) in [5.41, 5.74) is 1.38. The summed E-state index contributed by atoms with van der Waals surface area (Å²) < 4.78 is 2.91. The maximum absolute atomic E-state index is 5.34. The zero-order chi connectivity index (χ0) is 13.7. The van der Waals surface area contributed by atoms with Crippen LogP contribution in [0.25, 0.3) is 0 Å². The van der Waals surface area contributed by atoms with E-state index >= 15 is 0 Å². The minimum atomic E-state index is 0.382. The molecule has 1 atom stereocenters. The van der Waals surface area contributed by atoms with Crippen molar-refractivity contribution in [2.75, 3.05) is 0 Å². The van der Waals surface area contributed by atoms with Crippen LogP contribution in [0.4, 0.5) is 0 Å². The Morgan fingerprint density at radius 2 is 2.00 bits per heavy atom. The third-order valence-electron chi connectivity index (χ3n) is 3.39. The standard InChI is InChI=1S/C15H21N3S/c1-3-7-14-16-17-15(19)18(14)12(2)10-11-13-8-5-4-6-9-13/h4-6,8-9,12H,3,7,10-11H2,1-2H3,(H,17,19). The van der Waals surface area contributed by atoms with Gasteiger partial charge >= 0.3 is 0 Å². The zero-order valence-electron chi connectivity index (χ0n) is 11.6. The van der Waals surface area contributed by atoms with Crippen molar-refractivity contribution >= 4 is 12.2 Å². The topological polar surface area (TPSA) is 33.6 Å². The molecule has 0 spiro atoms. The zero-order valence-corrected chi connectivity index (χ0v) is 12.4. The van der Waals surface area contributed by atoms with Gasteiger partial charge in [-0.05, 0) is 44.0 Å². The Bertz CT molecular complexity index is 556. The molecular formula is C15H21N3S. The molecule has 0 saturated heterocycles. The van der Waals surface area contributed by atoms with Crippen LogP contribution in [0, 0.1) is 4.77 Å². The first-order valence-electron chi connectivity index (χ1n) is 6.92. The van der Waals surface area contributed by atoms with E-state index in [1.165, 1.54) is 5.56 Å². The number of hydrogen-bond acceptors (Lipinski definition) is 2. The Hall–Kier alpha value is -1.42. The molecule has 0 aliphatic rings. The van der Waals surface area contributed by atoms with E-state index < -0.39 is 0 Å². The van der Waals surface area contributed by atoms with Crippen LogP contribution < -0.4 is 0 Å². The van der Waals surface area contributed by atoms with Gasteiger partial charge in [-0.25, -0.2) is 0 Å². The lowest BCUT2D eigenvalue weighted by Gasteiger charge is -2.15. The van der Waals surface area contributed by atoms with E-state index in [4.69, 9.17) is 12.2 Å². The van der Waals surface area contributed by atoms with Crippen LogP contribution in [0.5, 0.6) is 0 Å². The van der Waals surface area contributed by atoms with Crippen molar-refractivity contribution in [2.45, 2.75) is 45.6 Å². The first-order valence-corrected chi connectivity index (χ1v) is 7.33. The van der Waals surface area contributed by atoms with Gasteiger partial charge in [-0.3, -0.25) is 5.10 Å². The number of aryl methyl sites for hydroxylation is 2. The summed E-state index contributed by atoms with van der Waals surface area (Å²) in [4.78, 5) is 0. The molecule has 0 aliphatic carbocycles. The quantitative estimate of drug-likeness (QED) is 0.806. The summed E-state index contributed by atoms with van der Waals surface area (Å²) >= 11 is 5.34. The first-order chi connectivity index (χ1) is 9.22. The molecule has 0 fully saturated rings. The van der Waals surface area contributed by atoms with Gasteiger partial charge in [0.25, 0.3) is 0 Å². The smallest absolute Gasteiger partial charge is 0.195 e. The van der Waals surface area contributed by atoms with E-state index in [1.807, 2.05) is 0 Å². The van der Waals surface area contributed by atoms with Gasteiger partial charge < -0.3 is 4.57 Å². The molecule has 1 unspecified atom stereocenters. The highest BCUT2D eigenvalue weighted by Gasteiger charge is 2.12. The van der Waals surface area contributed by atoms with Crippen molar-refractivity contribution in [3.05, 3.63) is 46.5 Å². The van der Waals surface area contributed by atoms with Crippen molar-refractivity contribution in [3.63, 3.8) is 0 Å². The van der Waals surface area contributed by atoms with Gasteiger partial charge in [-0.1, -0.05) is 37.3 Å². The van der Waals surface area contributed by atoms with Gasteiger partial charge in [0.2, 0.25) is 0 Å². The van der Waals surface area contributed by atoms with Gasteiger partial charge in [0.15, 0.2) is 4.77 Å². The second kappa shape index (κ2) is 6.66. The molecule has 2 rings (SSSR count). The molecule has 0 saturated carbocycles. The minimum absolute atomic E-state index is 0.382. The molecule has 0 amide bonds. The maximum Gasteiger partial charge on any atom is 0.195 e. The minimum Gasteiger partial charge on any atom is -0.301 e. The molecule has 1 N–H and O–H groups in total. The highest BCUT2D eigenvalue weighted by molar-refractivity contribution is 7.71. The SMILES string of the molecule is CCCc1n[nH]c(=S)n1C(C)CCc1ccccc1. The van der Waals surface area contributed by atoms with E-state index in [9.17, 15) is 0 Å². The van der Waals surface area contributed by atoms with Crippen molar-refractivity contribution in [1.29, 1.82) is 0 Å². The summed E-state index contributed by atoms with van der Waals surface area (Å²) in [6.07, 6.45) is 4.21. The molecule has 102 valence electrons. The Kier molecular flexibility index (Phi) is 4.91. The molecule has 1 aromatic carbocycles. The lowest BCUT2D eigenvalue weighted by molar-refractivity contribution is 0.481. The van der Waals surface area contributed by atoms with E-state index in [-0.39, 0.29) is 0 Å². The van der Waals surface area contributed by atoms with Crippen LogP contribution >= 0.6 is 12.2 Å². The number of benzene rings is 1. The van der Waals surface area contributed by atoms with Crippen molar-refractivity contribution in [1.82, 2.24) is 14.8 Å². The van der Waals surface area contributed by atoms with Gasteiger partial charge in [-0.15, -0.1) is 0 Å². The lowest BCUT2D eigenvalue weighted by Crippen LogP contribution is -2.10. The third-order valence-corrected chi connectivity index (χ3v) is 3.67. The largest absolute Gasteiger partial charge is 0.301 e. The molecular weight excluding hydrogens is 254 g/mol. The van der Waals surface area contributed by atoms with Crippen LogP contribution in [0.15, 0.2) is 30.3 Å². The van der Waals surface area contributed by atoms with E-state index in [2.05, 4.69) is 58.9 Å². The molecule has 4 heteroatoms. The predicted molar refractivity (Wildman–Crippen MR) is 80.9 cm³/mol. The van der Waals surface area contributed by atoms with E-state index in [0.717, 1.165) is 36.3 Å². The van der Waals surface area contributed by atoms with Crippen LogP contribution in [-0.2, 0) is 12.8 Å². The van der Waals surface area contributed by atoms with Gasteiger partial charge in [0.05, 0.1) is 0 Å². The van der Waals surface area contributed by atoms with Crippen molar-refractivity contribution in [3.8, 4) is 0 Å². The van der Waals surface area contributed by atoms with Crippen LogP contribution in [0.2, 0.25) is 0 Å². The fourth-order valence-corrected chi connectivity index (χ4v) is 2.67. The number of aromatic nitrogens is 3. The van der Waals surface area contributed by atoms with E-state index in [0.29, 0.717) is 6.04 Å².